The van der Waals surface area contributed by atoms with Crippen molar-refractivity contribution in [3.8, 4) is 0 Å². The highest BCUT2D eigenvalue weighted by atomic mass is 16.6. The largest absolute Gasteiger partial charge is 0.458 e. The van der Waals surface area contributed by atoms with Gasteiger partial charge >= 0.3 is 12.1 Å². The highest BCUT2D eigenvalue weighted by molar-refractivity contribution is 5.94. The molecule has 2 N–H and O–H groups in total. The zero-order chi connectivity index (χ0) is 38.1. The standard InChI is InChI=1S/C42H57N3O6/c1-12-42(10,11)45(37(47)33(26-30-21-15-13-16-22-30)44-39(49)51-41(7,8)9)35(32-25-19-20-28(2)29(32)3)36(46)43-34(38(48)50-40(4,5)6)27-31-23-17-14-18-24-31/h13-25,33-35H,12,26-27H2,1-11H3,(H,43,46)(H,44,49). The van der Waals surface area contributed by atoms with Crippen LogP contribution in [-0.4, -0.2) is 57.6 Å². The second-order valence-corrected chi connectivity index (χ2v) is 15.7. The van der Waals surface area contributed by atoms with Gasteiger partial charge in [0.2, 0.25) is 11.8 Å². The molecule has 9 nitrogen and oxygen atoms in total. The monoisotopic (exact) mass is 699 g/mol. The molecule has 0 bridgehead atoms. The number of esters is 1. The second kappa shape index (κ2) is 17.0. The summed E-state index contributed by atoms with van der Waals surface area (Å²) in [5.41, 5.74) is 1.55. The molecular weight excluding hydrogens is 642 g/mol. The number of benzene rings is 3. The van der Waals surface area contributed by atoms with Gasteiger partial charge in [-0.25, -0.2) is 9.59 Å². The maximum atomic E-state index is 15.2. The predicted octanol–water partition coefficient (Wildman–Crippen LogP) is 7.57. The van der Waals surface area contributed by atoms with Crippen LogP contribution in [-0.2, 0) is 36.7 Å². The number of alkyl carbamates (subject to hydrolysis) is 1. The van der Waals surface area contributed by atoms with Crippen molar-refractivity contribution in [3.05, 3.63) is 107 Å². The molecular formula is C42H57N3O6. The van der Waals surface area contributed by atoms with E-state index in [1.807, 2.05) is 113 Å². The van der Waals surface area contributed by atoms with Gasteiger partial charge in [0.1, 0.15) is 29.3 Å². The fraction of sp³-hybridized carbons (Fsp3) is 0.476. The van der Waals surface area contributed by atoms with Crippen molar-refractivity contribution in [1.29, 1.82) is 0 Å². The van der Waals surface area contributed by atoms with E-state index in [0.717, 1.165) is 22.3 Å². The van der Waals surface area contributed by atoms with Gasteiger partial charge < -0.3 is 25.0 Å². The van der Waals surface area contributed by atoms with Gasteiger partial charge in [-0.05, 0) is 103 Å². The molecule has 0 saturated heterocycles. The molecule has 3 aromatic rings. The molecule has 0 radical (unpaired) electrons. The Kier molecular flexibility index (Phi) is 13.6. The highest BCUT2D eigenvalue weighted by Crippen LogP contribution is 2.35. The van der Waals surface area contributed by atoms with Crippen molar-refractivity contribution in [2.75, 3.05) is 0 Å². The van der Waals surface area contributed by atoms with Gasteiger partial charge in [0, 0.05) is 18.4 Å². The lowest BCUT2D eigenvalue weighted by atomic mass is 9.88. The number of ether oxygens (including phenoxy) is 2. The Hall–Kier alpha value is -4.66. The molecule has 3 amide bonds. The number of amides is 3. The molecule has 0 aliphatic heterocycles. The van der Waals surface area contributed by atoms with Crippen molar-refractivity contribution in [3.63, 3.8) is 0 Å². The summed E-state index contributed by atoms with van der Waals surface area (Å²) in [5, 5.41) is 5.83. The Labute approximate surface area is 304 Å². The lowest BCUT2D eigenvalue weighted by molar-refractivity contribution is -0.159. The quantitative estimate of drug-likeness (QED) is 0.178. The molecule has 0 aromatic heterocycles. The lowest BCUT2D eigenvalue weighted by Gasteiger charge is -2.45. The van der Waals surface area contributed by atoms with Crippen LogP contribution in [0.15, 0.2) is 78.9 Å². The third kappa shape index (κ3) is 12.0. The number of rotatable bonds is 13. The van der Waals surface area contributed by atoms with Crippen molar-refractivity contribution in [2.45, 2.75) is 130 Å². The Morgan fingerprint density at radius 2 is 1.18 bits per heavy atom. The first kappa shape index (κ1) is 40.8. The van der Waals surface area contributed by atoms with E-state index in [9.17, 15) is 14.4 Å². The number of nitrogens with zero attached hydrogens (tertiary/aromatic N) is 1. The SMILES string of the molecule is CCC(C)(C)N(C(=O)C(Cc1ccccc1)NC(=O)OC(C)(C)C)C(C(=O)NC(Cc1ccccc1)C(=O)OC(C)(C)C)c1cccc(C)c1C. The van der Waals surface area contributed by atoms with Crippen molar-refractivity contribution in [1.82, 2.24) is 15.5 Å². The number of hydrogen-bond acceptors (Lipinski definition) is 6. The van der Waals surface area contributed by atoms with Crippen LogP contribution in [0.2, 0.25) is 0 Å². The number of carbonyl (C=O) groups is 4. The number of nitrogens with one attached hydrogen (secondary N) is 2. The number of aryl methyl sites for hydroxylation is 1. The van der Waals surface area contributed by atoms with Crippen LogP contribution >= 0.6 is 0 Å². The highest BCUT2D eigenvalue weighted by Gasteiger charge is 2.44. The molecule has 3 aromatic carbocycles. The number of hydrogen-bond donors (Lipinski definition) is 2. The fourth-order valence-electron chi connectivity index (χ4n) is 5.75. The third-order valence-electron chi connectivity index (χ3n) is 8.76. The Balaban J connectivity index is 2.21. The van der Waals surface area contributed by atoms with Crippen molar-refractivity contribution < 1.29 is 28.7 Å². The van der Waals surface area contributed by atoms with E-state index in [0.29, 0.717) is 12.0 Å². The lowest BCUT2D eigenvalue weighted by Crippen LogP contribution is -2.61. The van der Waals surface area contributed by atoms with Gasteiger partial charge in [-0.15, -0.1) is 0 Å². The fourth-order valence-corrected chi connectivity index (χ4v) is 5.75. The van der Waals surface area contributed by atoms with Gasteiger partial charge in [0.15, 0.2) is 0 Å². The summed E-state index contributed by atoms with van der Waals surface area (Å²) in [7, 11) is 0. The first-order chi connectivity index (χ1) is 23.7. The summed E-state index contributed by atoms with van der Waals surface area (Å²) in [6, 6.07) is 21.1. The minimum Gasteiger partial charge on any atom is -0.458 e. The molecule has 0 saturated carbocycles. The van der Waals surface area contributed by atoms with Crippen molar-refractivity contribution >= 4 is 23.9 Å². The van der Waals surface area contributed by atoms with Crippen LogP contribution in [0.5, 0.6) is 0 Å². The minimum atomic E-state index is -1.17. The molecule has 276 valence electrons. The molecule has 0 fully saturated rings. The zero-order valence-corrected chi connectivity index (χ0v) is 32.3. The van der Waals surface area contributed by atoms with E-state index in [1.165, 1.54) is 0 Å². The number of carbonyl (C=O) groups excluding carboxylic acids is 4. The van der Waals surface area contributed by atoms with Gasteiger partial charge in [0.05, 0.1) is 0 Å². The first-order valence-corrected chi connectivity index (χ1v) is 17.7. The maximum Gasteiger partial charge on any atom is 0.408 e. The van der Waals surface area contributed by atoms with Gasteiger partial charge in [0.25, 0.3) is 0 Å². The van der Waals surface area contributed by atoms with E-state index in [-0.39, 0.29) is 12.8 Å². The second-order valence-electron chi connectivity index (χ2n) is 15.7. The van der Waals surface area contributed by atoms with E-state index in [2.05, 4.69) is 10.6 Å². The molecule has 3 rings (SSSR count). The summed E-state index contributed by atoms with van der Waals surface area (Å²) in [5.74, 6) is -1.59. The first-order valence-electron chi connectivity index (χ1n) is 17.7. The molecule has 0 heterocycles. The molecule has 0 spiro atoms. The van der Waals surface area contributed by atoms with Crippen LogP contribution in [0.1, 0.15) is 103 Å². The Morgan fingerprint density at radius 3 is 1.67 bits per heavy atom. The predicted molar refractivity (Wildman–Crippen MR) is 201 cm³/mol. The van der Waals surface area contributed by atoms with E-state index < -0.39 is 58.7 Å². The Morgan fingerprint density at radius 1 is 0.667 bits per heavy atom. The molecule has 3 unspecified atom stereocenters. The molecule has 0 aliphatic rings. The summed E-state index contributed by atoms with van der Waals surface area (Å²) in [6.07, 6.45) is 0.0808. The molecule has 0 aliphatic carbocycles. The summed E-state index contributed by atoms with van der Waals surface area (Å²) < 4.78 is 11.4. The third-order valence-corrected chi connectivity index (χ3v) is 8.76. The molecule has 9 heteroatoms. The van der Waals surface area contributed by atoms with Crippen LogP contribution in [0.3, 0.4) is 0 Å². The normalized spacial score (nSPS) is 13.7. The van der Waals surface area contributed by atoms with Crippen LogP contribution in [0.25, 0.3) is 0 Å². The van der Waals surface area contributed by atoms with Gasteiger partial charge in [-0.3, -0.25) is 9.59 Å². The minimum absolute atomic E-state index is 0.158. The van der Waals surface area contributed by atoms with Gasteiger partial charge in [-0.1, -0.05) is 85.8 Å². The molecule has 51 heavy (non-hydrogen) atoms. The average Bonchev–Trinajstić information content (AvgIpc) is 3.03. The maximum absolute atomic E-state index is 15.2. The average molecular weight is 700 g/mol. The summed E-state index contributed by atoms with van der Waals surface area (Å²) in [4.78, 5) is 58.6. The zero-order valence-electron chi connectivity index (χ0n) is 32.3. The van der Waals surface area contributed by atoms with E-state index >= 15 is 4.79 Å². The molecule has 3 atom stereocenters. The topological polar surface area (TPSA) is 114 Å². The van der Waals surface area contributed by atoms with E-state index in [4.69, 9.17) is 9.47 Å². The van der Waals surface area contributed by atoms with Crippen LogP contribution in [0.4, 0.5) is 4.79 Å². The Bertz CT molecular complexity index is 1640. The smallest absolute Gasteiger partial charge is 0.408 e. The van der Waals surface area contributed by atoms with Crippen molar-refractivity contribution in [2.24, 2.45) is 0 Å². The van der Waals surface area contributed by atoms with Crippen LogP contribution < -0.4 is 10.6 Å². The van der Waals surface area contributed by atoms with Crippen LogP contribution in [0, 0.1) is 13.8 Å². The van der Waals surface area contributed by atoms with E-state index in [1.54, 1.807) is 46.4 Å². The summed E-state index contributed by atoms with van der Waals surface area (Å²) >= 11 is 0. The summed E-state index contributed by atoms with van der Waals surface area (Å²) in [6.45, 7) is 20.2. The van der Waals surface area contributed by atoms with Gasteiger partial charge in [-0.2, -0.15) is 0 Å².